The molecule has 0 aliphatic carbocycles. The summed E-state index contributed by atoms with van der Waals surface area (Å²) in [6, 6.07) is 2.36. The SMILES string of the molecule is CC1CN(c2cc(C(=O)O)c(N)cn2)CC(C)N1C. The lowest BCUT2D eigenvalue weighted by molar-refractivity contribution is 0.0698. The zero-order valence-electron chi connectivity index (χ0n) is 11.5. The minimum absolute atomic E-state index is 0.115. The van der Waals surface area contributed by atoms with Crippen LogP contribution in [0.3, 0.4) is 0 Å². The van der Waals surface area contributed by atoms with Gasteiger partial charge in [-0.15, -0.1) is 0 Å². The summed E-state index contributed by atoms with van der Waals surface area (Å²) in [6.07, 6.45) is 1.42. The number of hydrogen-bond acceptors (Lipinski definition) is 5. The molecule has 0 amide bonds. The molecule has 1 fully saturated rings. The fourth-order valence-corrected chi connectivity index (χ4v) is 2.40. The van der Waals surface area contributed by atoms with Crippen molar-refractivity contribution in [2.45, 2.75) is 25.9 Å². The molecule has 6 nitrogen and oxygen atoms in total. The average molecular weight is 264 g/mol. The number of carboxylic acids is 1. The summed E-state index contributed by atoms with van der Waals surface area (Å²) >= 11 is 0. The van der Waals surface area contributed by atoms with Crippen molar-refractivity contribution in [3.63, 3.8) is 0 Å². The molecule has 3 N–H and O–H groups in total. The number of nitrogens with two attached hydrogens (primary N) is 1. The molecule has 0 bridgehead atoms. The van der Waals surface area contributed by atoms with Gasteiger partial charge in [-0.1, -0.05) is 0 Å². The highest BCUT2D eigenvalue weighted by Gasteiger charge is 2.27. The first kappa shape index (κ1) is 13.6. The van der Waals surface area contributed by atoms with Crippen molar-refractivity contribution in [2.24, 2.45) is 0 Å². The van der Waals surface area contributed by atoms with E-state index in [4.69, 9.17) is 10.8 Å². The topological polar surface area (TPSA) is 82.7 Å². The molecule has 2 unspecified atom stereocenters. The van der Waals surface area contributed by atoms with Gasteiger partial charge in [-0.3, -0.25) is 4.90 Å². The van der Waals surface area contributed by atoms with Crippen LogP contribution in [-0.2, 0) is 0 Å². The Morgan fingerprint density at radius 3 is 2.53 bits per heavy atom. The Kier molecular flexibility index (Phi) is 3.61. The quantitative estimate of drug-likeness (QED) is 0.825. The van der Waals surface area contributed by atoms with Crippen LogP contribution in [0, 0.1) is 0 Å². The van der Waals surface area contributed by atoms with E-state index in [2.05, 4.69) is 35.7 Å². The molecule has 2 heterocycles. The molecule has 2 atom stereocenters. The third-order valence-electron chi connectivity index (χ3n) is 3.83. The Balaban J connectivity index is 2.27. The molecule has 6 heteroatoms. The van der Waals surface area contributed by atoms with Crippen molar-refractivity contribution in [2.75, 3.05) is 30.8 Å². The van der Waals surface area contributed by atoms with Crippen molar-refractivity contribution in [1.82, 2.24) is 9.88 Å². The number of hydrogen-bond donors (Lipinski definition) is 2. The highest BCUT2D eigenvalue weighted by Crippen LogP contribution is 2.22. The summed E-state index contributed by atoms with van der Waals surface area (Å²) in [7, 11) is 2.10. The molecule has 1 aromatic heterocycles. The van der Waals surface area contributed by atoms with Crippen molar-refractivity contribution in [1.29, 1.82) is 0 Å². The maximum absolute atomic E-state index is 11.1. The summed E-state index contributed by atoms with van der Waals surface area (Å²) in [4.78, 5) is 19.8. The molecule has 0 spiro atoms. The average Bonchev–Trinajstić information content (AvgIpc) is 2.35. The van der Waals surface area contributed by atoms with Gasteiger partial charge in [0.1, 0.15) is 5.82 Å². The van der Waals surface area contributed by atoms with Gasteiger partial charge in [0.2, 0.25) is 0 Å². The Hall–Kier alpha value is -1.82. The van der Waals surface area contributed by atoms with E-state index in [1.807, 2.05) is 0 Å². The zero-order valence-corrected chi connectivity index (χ0v) is 11.5. The molecule has 0 aromatic carbocycles. The predicted molar refractivity (Wildman–Crippen MR) is 74.5 cm³/mol. The number of anilines is 2. The number of carbonyl (C=O) groups is 1. The highest BCUT2D eigenvalue weighted by molar-refractivity contribution is 5.94. The molecule has 0 radical (unpaired) electrons. The molecule has 0 saturated carbocycles. The number of piperazine rings is 1. The largest absolute Gasteiger partial charge is 0.478 e. The molecule has 2 rings (SSSR count). The van der Waals surface area contributed by atoms with Gasteiger partial charge in [-0.2, -0.15) is 0 Å². The number of nitrogens with zero attached hydrogens (tertiary/aromatic N) is 3. The minimum atomic E-state index is -1.02. The van der Waals surface area contributed by atoms with Crippen LogP contribution >= 0.6 is 0 Å². The van der Waals surface area contributed by atoms with Crippen molar-refractivity contribution in [3.05, 3.63) is 17.8 Å². The normalized spacial score (nSPS) is 24.5. The smallest absolute Gasteiger partial charge is 0.337 e. The van der Waals surface area contributed by atoms with Gasteiger partial charge in [-0.25, -0.2) is 9.78 Å². The minimum Gasteiger partial charge on any atom is -0.478 e. The van der Waals surface area contributed by atoms with E-state index in [1.54, 1.807) is 6.07 Å². The molecule has 104 valence electrons. The van der Waals surface area contributed by atoms with Crippen molar-refractivity contribution < 1.29 is 9.90 Å². The molecule has 1 aliphatic rings. The second kappa shape index (κ2) is 5.05. The Morgan fingerprint density at radius 1 is 1.42 bits per heavy atom. The van der Waals surface area contributed by atoms with E-state index in [-0.39, 0.29) is 11.3 Å². The lowest BCUT2D eigenvalue weighted by atomic mass is 10.1. The van der Waals surface area contributed by atoms with Crippen molar-refractivity contribution >= 4 is 17.5 Å². The Morgan fingerprint density at radius 2 is 2.00 bits per heavy atom. The number of carboxylic acid groups (broad SMARTS) is 1. The lowest BCUT2D eigenvalue weighted by Crippen LogP contribution is -2.55. The van der Waals surface area contributed by atoms with Gasteiger partial charge in [0.15, 0.2) is 0 Å². The predicted octanol–water partition coefficient (Wildman–Crippen LogP) is 0.891. The maximum Gasteiger partial charge on any atom is 0.337 e. The van der Waals surface area contributed by atoms with Gasteiger partial charge < -0.3 is 15.7 Å². The van der Waals surface area contributed by atoms with Gasteiger partial charge in [-0.05, 0) is 27.0 Å². The van der Waals surface area contributed by atoms with E-state index < -0.39 is 5.97 Å². The van der Waals surface area contributed by atoms with Crippen LogP contribution in [0.1, 0.15) is 24.2 Å². The fourth-order valence-electron chi connectivity index (χ4n) is 2.40. The molecular weight excluding hydrogens is 244 g/mol. The first-order valence-corrected chi connectivity index (χ1v) is 6.36. The maximum atomic E-state index is 11.1. The highest BCUT2D eigenvalue weighted by atomic mass is 16.4. The van der Waals surface area contributed by atoms with E-state index in [1.165, 1.54) is 6.20 Å². The lowest BCUT2D eigenvalue weighted by Gasteiger charge is -2.43. The van der Waals surface area contributed by atoms with Crippen LogP contribution in [-0.4, -0.2) is 53.2 Å². The first-order valence-electron chi connectivity index (χ1n) is 6.36. The monoisotopic (exact) mass is 264 g/mol. The van der Waals surface area contributed by atoms with Gasteiger partial charge in [0.05, 0.1) is 17.4 Å². The first-order chi connectivity index (χ1) is 8.90. The van der Waals surface area contributed by atoms with Crippen LogP contribution in [0.4, 0.5) is 11.5 Å². The van der Waals surface area contributed by atoms with E-state index >= 15 is 0 Å². The van der Waals surface area contributed by atoms with Crippen molar-refractivity contribution in [3.8, 4) is 0 Å². The molecule has 1 aromatic rings. The number of rotatable bonds is 2. The van der Waals surface area contributed by atoms with Crippen LogP contribution in [0.25, 0.3) is 0 Å². The van der Waals surface area contributed by atoms with Gasteiger partial charge in [0, 0.05) is 25.2 Å². The Labute approximate surface area is 112 Å². The third-order valence-corrected chi connectivity index (χ3v) is 3.83. The number of nitrogen functional groups attached to an aromatic ring is 1. The molecule has 1 saturated heterocycles. The summed E-state index contributed by atoms with van der Waals surface area (Å²) in [6.45, 7) is 5.96. The summed E-state index contributed by atoms with van der Waals surface area (Å²) in [5.74, 6) is -0.338. The molecule has 1 aliphatic heterocycles. The van der Waals surface area contributed by atoms with Gasteiger partial charge >= 0.3 is 5.97 Å². The Bertz CT molecular complexity index is 480. The van der Waals surface area contributed by atoms with E-state index in [9.17, 15) is 4.79 Å². The van der Waals surface area contributed by atoms with Crippen LogP contribution < -0.4 is 10.6 Å². The van der Waals surface area contributed by atoms with Crippen LogP contribution in [0.2, 0.25) is 0 Å². The molecule has 19 heavy (non-hydrogen) atoms. The number of aromatic nitrogens is 1. The second-order valence-corrected chi connectivity index (χ2v) is 5.20. The fraction of sp³-hybridized carbons (Fsp3) is 0.538. The standard InChI is InChI=1S/C13H20N4O2/c1-8-6-17(7-9(2)16(8)3)12-4-10(13(18)19)11(14)5-15-12/h4-5,8-9H,6-7,14H2,1-3H3,(H,18,19). The molecular formula is C13H20N4O2. The zero-order chi connectivity index (χ0) is 14.2. The third kappa shape index (κ3) is 2.63. The van der Waals surface area contributed by atoms with Crippen LogP contribution in [0.15, 0.2) is 12.3 Å². The number of likely N-dealkylation sites (N-methyl/N-ethyl adjacent to an activating group) is 1. The number of pyridine rings is 1. The van der Waals surface area contributed by atoms with Crippen LogP contribution in [0.5, 0.6) is 0 Å². The summed E-state index contributed by atoms with van der Waals surface area (Å²) < 4.78 is 0. The number of aromatic carboxylic acids is 1. The second-order valence-electron chi connectivity index (χ2n) is 5.20. The van der Waals surface area contributed by atoms with Gasteiger partial charge in [0.25, 0.3) is 0 Å². The summed E-state index contributed by atoms with van der Waals surface area (Å²) in [5.41, 5.74) is 5.94. The summed E-state index contributed by atoms with van der Waals surface area (Å²) in [5, 5.41) is 9.10. The van der Waals surface area contributed by atoms with E-state index in [0.717, 1.165) is 13.1 Å². The van der Waals surface area contributed by atoms with E-state index in [0.29, 0.717) is 17.9 Å².